The normalized spacial score (nSPS) is 14.0. The van der Waals surface area contributed by atoms with Gasteiger partial charge >= 0.3 is 0 Å². The van der Waals surface area contributed by atoms with Gasteiger partial charge in [0.15, 0.2) is 6.29 Å². The van der Waals surface area contributed by atoms with Crippen LogP contribution in [-0.2, 0) is 13.0 Å². The lowest BCUT2D eigenvalue weighted by Gasteiger charge is -2.19. The number of para-hydroxylation sites is 1. The number of aliphatic hydroxyl groups is 3. The maximum atomic E-state index is 11.3. The Hall–Kier alpha value is -2.41. The predicted octanol–water partition coefficient (Wildman–Crippen LogP) is 1.41. The highest BCUT2D eigenvalue weighted by Gasteiger charge is 2.22. The van der Waals surface area contributed by atoms with Crippen molar-refractivity contribution in [3.8, 4) is 0 Å². The van der Waals surface area contributed by atoms with E-state index in [1.54, 1.807) is 16.7 Å². The molecule has 0 saturated carbocycles. The Bertz CT molecular complexity index is 837. The van der Waals surface area contributed by atoms with Crippen LogP contribution in [-0.4, -0.2) is 43.9 Å². The van der Waals surface area contributed by atoms with Gasteiger partial charge in [0, 0.05) is 29.3 Å². The van der Waals surface area contributed by atoms with Gasteiger partial charge in [-0.05, 0) is 30.2 Å². The minimum Gasteiger partial charge on any atom is -0.394 e. The molecule has 3 rings (SSSR count). The third-order valence-electron chi connectivity index (χ3n) is 4.30. The number of nitrogens with zero attached hydrogens (tertiary/aromatic N) is 1. The van der Waals surface area contributed by atoms with Gasteiger partial charge in [0.25, 0.3) is 0 Å². The van der Waals surface area contributed by atoms with Gasteiger partial charge in [-0.15, -0.1) is 0 Å². The lowest BCUT2D eigenvalue weighted by atomic mass is 10.1. The monoisotopic (exact) mass is 328 g/mol. The quantitative estimate of drug-likeness (QED) is 0.493. The predicted molar refractivity (Wildman–Crippen MR) is 89.9 cm³/mol. The van der Waals surface area contributed by atoms with Crippen LogP contribution < -0.4 is 0 Å². The summed E-state index contributed by atoms with van der Waals surface area (Å²) < 4.78 is 1.68. The third kappa shape index (κ3) is 2.99. The fourth-order valence-corrected chi connectivity index (χ4v) is 2.99. The Balaban J connectivity index is 1.86. The van der Waals surface area contributed by atoms with Crippen molar-refractivity contribution in [2.45, 2.75) is 25.2 Å². The van der Waals surface area contributed by atoms with Crippen molar-refractivity contribution in [2.24, 2.45) is 0 Å². The van der Waals surface area contributed by atoms with Gasteiger partial charge in [0.2, 0.25) is 0 Å². The van der Waals surface area contributed by atoms with Crippen molar-refractivity contribution in [1.82, 2.24) is 9.55 Å². The summed E-state index contributed by atoms with van der Waals surface area (Å²) in [4.78, 5) is 14.5. The first-order valence-electron chi connectivity index (χ1n) is 7.82. The zero-order valence-electron chi connectivity index (χ0n) is 13.1. The van der Waals surface area contributed by atoms with Crippen LogP contribution in [0.5, 0.6) is 0 Å². The van der Waals surface area contributed by atoms with Crippen LogP contribution in [0.2, 0.25) is 0 Å². The summed E-state index contributed by atoms with van der Waals surface area (Å²) in [5.74, 6) is 0. The van der Waals surface area contributed by atoms with Crippen molar-refractivity contribution < 1.29 is 20.1 Å². The molecule has 0 spiro atoms. The summed E-state index contributed by atoms with van der Waals surface area (Å²) in [5, 5.41) is 30.0. The molecule has 0 saturated heterocycles. The van der Waals surface area contributed by atoms with Gasteiger partial charge in [-0.3, -0.25) is 4.79 Å². The Kier molecular flexibility index (Phi) is 4.80. The molecule has 24 heavy (non-hydrogen) atoms. The lowest BCUT2D eigenvalue weighted by Crippen LogP contribution is -2.25. The highest BCUT2D eigenvalue weighted by Crippen LogP contribution is 2.23. The molecule has 0 amide bonds. The zero-order valence-corrected chi connectivity index (χ0v) is 13.1. The number of carbonyl (C=O) groups is 1. The van der Waals surface area contributed by atoms with Crippen molar-refractivity contribution >= 4 is 17.2 Å². The van der Waals surface area contributed by atoms with Crippen molar-refractivity contribution in [3.63, 3.8) is 0 Å². The van der Waals surface area contributed by atoms with Crippen LogP contribution in [0.1, 0.15) is 27.8 Å². The minimum atomic E-state index is -1.29. The number of H-pyrrole nitrogens is 1. The van der Waals surface area contributed by atoms with Crippen LogP contribution in [0, 0.1) is 0 Å². The molecular formula is C18H20N2O4. The molecule has 6 nitrogen and oxygen atoms in total. The van der Waals surface area contributed by atoms with Crippen LogP contribution in [0.4, 0.5) is 0 Å². The van der Waals surface area contributed by atoms with E-state index in [1.807, 2.05) is 30.5 Å². The number of benzene rings is 1. The van der Waals surface area contributed by atoms with E-state index in [0.29, 0.717) is 24.4 Å². The largest absolute Gasteiger partial charge is 0.394 e. The Labute approximate surface area is 139 Å². The van der Waals surface area contributed by atoms with E-state index in [9.17, 15) is 15.0 Å². The summed E-state index contributed by atoms with van der Waals surface area (Å²) in [7, 11) is 0. The molecule has 126 valence electrons. The van der Waals surface area contributed by atoms with Gasteiger partial charge < -0.3 is 24.9 Å². The Morgan fingerprint density at radius 1 is 1.17 bits per heavy atom. The van der Waals surface area contributed by atoms with E-state index in [4.69, 9.17) is 5.11 Å². The molecule has 4 N–H and O–H groups in total. The number of aromatic nitrogens is 2. The maximum absolute atomic E-state index is 11.3. The molecule has 0 aliphatic heterocycles. The molecule has 1 aromatic carbocycles. The van der Waals surface area contributed by atoms with Crippen LogP contribution in [0.15, 0.2) is 42.6 Å². The highest BCUT2D eigenvalue weighted by molar-refractivity contribution is 5.83. The Morgan fingerprint density at radius 2 is 1.96 bits per heavy atom. The molecule has 0 aliphatic rings. The van der Waals surface area contributed by atoms with Gasteiger partial charge in [0.1, 0.15) is 12.2 Å². The number of aldehydes is 1. The molecule has 3 aromatic rings. The van der Waals surface area contributed by atoms with E-state index in [0.717, 1.165) is 22.8 Å². The van der Waals surface area contributed by atoms with Crippen molar-refractivity contribution in [3.05, 3.63) is 59.5 Å². The fourth-order valence-electron chi connectivity index (χ4n) is 2.99. The van der Waals surface area contributed by atoms with Gasteiger partial charge in [-0.25, -0.2) is 0 Å². The lowest BCUT2D eigenvalue weighted by molar-refractivity contribution is -0.0189. The van der Waals surface area contributed by atoms with Gasteiger partial charge in [-0.2, -0.15) is 0 Å². The molecule has 6 heteroatoms. The average Bonchev–Trinajstić information content (AvgIpc) is 3.22. The van der Waals surface area contributed by atoms with E-state index >= 15 is 0 Å². The standard InChI is InChI=1S/C18H20N2O4/c21-10-13-5-6-16(18(24)17(23)11-22)20(13)8-7-12-9-19-15-4-2-1-3-14(12)15/h1-6,9-10,17-19,22-24H,7-8,11H2/t17-,18+/m1/s1. The van der Waals surface area contributed by atoms with E-state index in [-0.39, 0.29) is 0 Å². The smallest absolute Gasteiger partial charge is 0.166 e. The number of fused-ring (bicyclic) bond motifs is 1. The molecule has 2 aromatic heterocycles. The van der Waals surface area contributed by atoms with Gasteiger partial charge in [0.05, 0.1) is 12.3 Å². The fraction of sp³-hybridized carbons (Fsp3) is 0.278. The molecule has 2 atom stereocenters. The number of aliphatic hydroxyl groups excluding tert-OH is 3. The average molecular weight is 328 g/mol. The topological polar surface area (TPSA) is 98.5 Å². The second-order valence-electron chi connectivity index (χ2n) is 5.76. The van der Waals surface area contributed by atoms with Crippen LogP contribution >= 0.6 is 0 Å². The van der Waals surface area contributed by atoms with E-state index in [1.165, 1.54) is 0 Å². The summed E-state index contributed by atoms with van der Waals surface area (Å²) in [6.07, 6.45) is 0.788. The molecular weight excluding hydrogens is 308 g/mol. The number of aromatic amines is 1. The minimum absolute atomic E-state index is 0.415. The summed E-state index contributed by atoms with van der Waals surface area (Å²) in [6.45, 7) is -0.0708. The van der Waals surface area contributed by atoms with E-state index < -0.39 is 18.8 Å². The highest BCUT2D eigenvalue weighted by atomic mass is 16.4. The molecule has 0 aliphatic carbocycles. The molecule has 0 bridgehead atoms. The second-order valence-corrected chi connectivity index (χ2v) is 5.76. The third-order valence-corrected chi connectivity index (χ3v) is 4.30. The summed E-state index contributed by atoms with van der Waals surface area (Å²) >= 11 is 0. The number of hydrogen-bond donors (Lipinski definition) is 4. The number of hydrogen-bond acceptors (Lipinski definition) is 4. The van der Waals surface area contributed by atoms with Crippen LogP contribution in [0.3, 0.4) is 0 Å². The first-order valence-corrected chi connectivity index (χ1v) is 7.82. The first kappa shape index (κ1) is 16.4. The van der Waals surface area contributed by atoms with Crippen molar-refractivity contribution in [1.29, 1.82) is 0 Å². The number of aryl methyl sites for hydroxylation is 1. The Morgan fingerprint density at radius 3 is 2.71 bits per heavy atom. The molecule has 0 unspecified atom stereocenters. The SMILES string of the molecule is O=Cc1ccc([C@H](O)[C@H](O)CO)n1CCc1c[nH]c2ccccc12. The second kappa shape index (κ2) is 7.00. The molecule has 0 fully saturated rings. The molecule has 0 radical (unpaired) electrons. The zero-order chi connectivity index (χ0) is 17.1. The summed E-state index contributed by atoms with van der Waals surface area (Å²) in [6, 6.07) is 11.2. The first-order chi connectivity index (χ1) is 11.7. The number of carbonyl (C=O) groups excluding carboxylic acids is 1. The molecule has 2 heterocycles. The maximum Gasteiger partial charge on any atom is 0.166 e. The van der Waals surface area contributed by atoms with E-state index in [2.05, 4.69) is 4.98 Å². The number of nitrogens with one attached hydrogen (secondary N) is 1. The summed E-state index contributed by atoms with van der Waals surface area (Å²) in [5.41, 5.74) is 3.00. The van der Waals surface area contributed by atoms with Gasteiger partial charge in [-0.1, -0.05) is 18.2 Å². The number of rotatable bonds is 7. The van der Waals surface area contributed by atoms with Crippen molar-refractivity contribution in [2.75, 3.05) is 6.61 Å². The van der Waals surface area contributed by atoms with Crippen LogP contribution in [0.25, 0.3) is 10.9 Å².